The van der Waals surface area contributed by atoms with Crippen LogP contribution in [0.2, 0.25) is 5.02 Å². The van der Waals surface area contributed by atoms with Gasteiger partial charge in [-0.2, -0.15) is 0 Å². The fourth-order valence-corrected chi connectivity index (χ4v) is 6.58. The van der Waals surface area contributed by atoms with E-state index in [1.807, 2.05) is 42.5 Å². The number of esters is 2. The summed E-state index contributed by atoms with van der Waals surface area (Å²) in [7, 11) is 1.57. The number of methoxy groups -OCH3 is 1. The van der Waals surface area contributed by atoms with Crippen LogP contribution in [0.4, 0.5) is 0 Å². The summed E-state index contributed by atoms with van der Waals surface area (Å²) < 4.78 is 24.3. The van der Waals surface area contributed by atoms with Crippen molar-refractivity contribution < 1.29 is 28.2 Å². The normalized spacial score (nSPS) is 14.5. The van der Waals surface area contributed by atoms with E-state index in [1.165, 1.54) is 15.9 Å². The van der Waals surface area contributed by atoms with Gasteiger partial charge < -0.3 is 18.6 Å². The number of hydrogen-bond donors (Lipinski definition) is 0. The monoisotopic (exact) mass is 682 g/mol. The largest absolute Gasteiger partial charge is 0.497 e. The van der Waals surface area contributed by atoms with Crippen LogP contribution in [-0.2, 0) is 14.3 Å². The molecule has 0 N–H and O–H groups in total. The van der Waals surface area contributed by atoms with Gasteiger partial charge >= 0.3 is 11.9 Å². The van der Waals surface area contributed by atoms with E-state index in [4.69, 9.17) is 35.2 Å². The number of halogens is 1. The first kappa shape index (κ1) is 32.7. The SMILES string of the molecule is CCOC(=O)C1=C(c2ccccc2)N=c2s/c(=C/c3ccc(-c4cc(Cl)ccc4C(=O)OC(C)C)o3)c(=O)n2[C@H]1c1ccc(OC)cc1. The zero-order valence-electron chi connectivity index (χ0n) is 26.6. The zero-order chi connectivity index (χ0) is 33.9. The van der Waals surface area contributed by atoms with E-state index in [0.717, 1.165) is 0 Å². The van der Waals surface area contributed by atoms with Crippen LogP contribution in [0, 0.1) is 0 Å². The number of rotatable bonds is 9. The second kappa shape index (κ2) is 13.9. The van der Waals surface area contributed by atoms with Crippen LogP contribution >= 0.6 is 22.9 Å². The van der Waals surface area contributed by atoms with E-state index in [1.54, 1.807) is 76.4 Å². The second-order valence-electron chi connectivity index (χ2n) is 11.1. The molecule has 0 fully saturated rings. The lowest BCUT2D eigenvalue weighted by atomic mass is 9.93. The van der Waals surface area contributed by atoms with Crippen molar-refractivity contribution in [3.8, 4) is 17.1 Å². The van der Waals surface area contributed by atoms with Gasteiger partial charge in [0, 0.05) is 22.2 Å². The molecular weight excluding hydrogens is 652 g/mol. The quantitative estimate of drug-likeness (QED) is 0.165. The Morgan fingerprint density at radius 1 is 1.02 bits per heavy atom. The third-order valence-electron chi connectivity index (χ3n) is 7.52. The molecule has 5 aromatic rings. The molecule has 2 aromatic heterocycles. The van der Waals surface area contributed by atoms with Crippen LogP contribution in [0.1, 0.15) is 54.1 Å². The molecule has 48 heavy (non-hydrogen) atoms. The number of thiazole rings is 1. The predicted octanol–water partition coefficient (Wildman–Crippen LogP) is 6.42. The standard InChI is InChI=1S/C37H31ClN2O7S/c1-5-45-36(43)31-32(22-9-7-6-8-10-22)39-37-40(33(31)23-11-14-25(44-4)15-12-23)34(41)30(48-37)20-26-16-18-29(47-26)28-19-24(38)13-17-27(28)35(42)46-21(2)3/h6-21,33H,5H2,1-4H3/b30-20+/t33-/m0/s1. The molecule has 1 aliphatic rings. The summed E-state index contributed by atoms with van der Waals surface area (Å²) in [6, 6.07) is 23.9. The number of fused-ring (bicyclic) bond motifs is 1. The molecule has 0 radical (unpaired) electrons. The fourth-order valence-electron chi connectivity index (χ4n) is 5.42. The Kier molecular flexibility index (Phi) is 9.47. The molecule has 3 heterocycles. The highest BCUT2D eigenvalue weighted by atomic mass is 35.5. The Morgan fingerprint density at radius 3 is 2.46 bits per heavy atom. The number of aromatic nitrogens is 1. The van der Waals surface area contributed by atoms with Crippen molar-refractivity contribution in [1.82, 2.24) is 4.57 Å². The first-order chi connectivity index (χ1) is 23.2. The number of benzene rings is 3. The highest BCUT2D eigenvalue weighted by Crippen LogP contribution is 2.36. The van der Waals surface area contributed by atoms with E-state index >= 15 is 0 Å². The Hall–Kier alpha value is -5.19. The van der Waals surface area contributed by atoms with Crippen molar-refractivity contribution in [3.05, 3.63) is 138 Å². The van der Waals surface area contributed by atoms with E-state index in [-0.39, 0.29) is 23.8 Å². The molecule has 244 valence electrons. The van der Waals surface area contributed by atoms with Gasteiger partial charge in [-0.15, -0.1) is 0 Å². The average Bonchev–Trinajstić information content (AvgIpc) is 3.68. The summed E-state index contributed by atoms with van der Waals surface area (Å²) in [5.41, 5.74) is 2.44. The number of carbonyl (C=O) groups excluding carboxylic acids is 2. The summed E-state index contributed by atoms with van der Waals surface area (Å²) in [6.07, 6.45) is 1.30. The molecular formula is C37H31ClN2O7S. The molecule has 0 amide bonds. The first-order valence-corrected chi connectivity index (χ1v) is 16.4. The van der Waals surface area contributed by atoms with Gasteiger partial charge in [-0.05, 0) is 68.8 Å². The number of hydrogen-bond acceptors (Lipinski definition) is 9. The van der Waals surface area contributed by atoms with Crippen molar-refractivity contribution in [2.75, 3.05) is 13.7 Å². The highest BCUT2D eigenvalue weighted by molar-refractivity contribution is 7.07. The number of carbonyl (C=O) groups is 2. The molecule has 0 saturated carbocycles. The van der Waals surface area contributed by atoms with Crippen LogP contribution in [0.25, 0.3) is 23.1 Å². The molecule has 1 atom stereocenters. The molecule has 1 aliphatic heterocycles. The zero-order valence-corrected chi connectivity index (χ0v) is 28.1. The van der Waals surface area contributed by atoms with Crippen LogP contribution in [0.5, 0.6) is 5.75 Å². The van der Waals surface area contributed by atoms with Gasteiger partial charge in [0.15, 0.2) is 4.80 Å². The van der Waals surface area contributed by atoms with Gasteiger partial charge in [0.25, 0.3) is 5.56 Å². The van der Waals surface area contributed by atoms with Crippen molar-refractivity contribution in [2.45, 2.75) is 32.9 Å². The maximum Gasteiger partial charge on any atom is 0.339 e. The minimum Gasteiger partial charge on any atom is -0.497 e. The summed E-state index contributed by atoms with van der Waals surface area (Å²) in [6.45, 7) is 5.42. The Bertz CT molecular complexity index is 2210. The minimum atomic E-state index is -0.836. The molecule has 11 heteroatoms. The van der Waals surface area contributed by atoms with E-state index in [9.17, 15) is 14.4 Å². The smallest absolute Gasteiger partial charge is 0.339 e. The molecule has 0 spiro atoms. The molecule has 0 unspecified atom stereocenters. The molecule has 0 bridgehead atoms. The van der Waals surface area contributed by atoms with E-state index < -0.39 is 18.0 Å². The number of furan rings is 1. The molecule has 3 aromatic carbocycles. The van der Waals surface area contributed by atoms with Crippen molar-refractivity contribution in [2.24, 2.45) is 4.99 Å². The number of ether oxygens (including phenoxy) is 3. The maximum atomic E-state index is 14.2. The third-order valence-corrected chi connectivity index (χ3v) is 8.73. The lowest BCUT2D eigenvalue weighted by Crippen LogP contribution is -2.40. The average molecular weight is 683 g/mol. The molecule has 9 nitrogen and oxygen atoms in total. The van der Waals surface area contributed by atoms with Gasteiger partial charge in [0.2, 0.25) is 0 Å². The number of nitrogens with zero attached hydrogens (tertiary/aromatic N) is 2. The van der Waals surface area contributed by atoms with Crippen molar-refractivity contribution in [1.29, 1.82) is 0 Å². The predicted molar refractivity (Wildman–Crippen MR) is 184 cm³/mol. The Balaban J connectivity index is 1.52. The lowest BCUT2D eigenvalue weighted by Gasteiger charge is -2.26. The van der Waals surface area contributed by atoms with Gasteiger partial charge in [-0.25, -0.2) is 14.6 Å². The third kappa shape index (κ3) is 6.49. The Morgan fingerprint density at radius 2 is 1.77 bits per heavy atom. The van der Waals surface area contributed by atoms with Crippen LogP contribution in [0.15, 0.2) is 105 Å². The molecule has 0 aliphatic carbocycles. The maximum absolute atomic E-state index is 14.2. The molecule has 0 saturated heterocycles. The summed E-state index contributed by atoms with van der Waals surface area (Å²) in [5, 5.41) is 0.419. The van der Waals surface area contributed by atoms with Gasteiger partial charge in [0.1, 0.15) is 17.3 Å². The molecule has 6 rings (SSSR count). The first-order valence-electron chi connectivity index (χ1n) is 15.2. The second-order valence-corrected chi connectivity index (χ2v) is 12.5. The van der Waals surface area contributed by atoms with Crippen LogP contribution in [-0.4, -0.2) is 36.3 Å². The summed E-state index contributed by atoms with van der Waals surface area (Å²) in [4.78, 5) is 46.0. The fraction of sp³-hybridized carbons (Fsp3) is 0.189. The van der Waals surface area contributed by atoms with Crippen LogP contribution < -0.4 is 19.6 Å². The van der Waals surface area contributed by atoms with Gasteiger partial charge in [0.05, 0.1) is 47.2 Å². The van der Waals surface area contributed by atoms with Crippen molar-refractivity contribution in [3.63, 3.8) is 0 Å². The Labute approximate surface area is 285 Å². The van der Waals surface area contributed by atoms with Crippen LogP contribution in [0.3, 0.4) is 0 Å². The van der Waals surface area contributed by atoms with Gasteiger partial charge in [-0.1, -0.05) is 65.4 Å². The topological polar surface area (TPSA) is 109 Å². The van der Waals surface area contributed by atoms with E-state index in [2.05, 4.69) is 0 Å². The van der Waals surface area contributed by atoms with E-state index in [0.29, 0.717) is 59.6 Å². The van der Waals surface area contributed by atoms with Gasteiger partial charge in [-0.3, -0.25) is 9.36 Å². The summed E-state index contributed by atoms with van der Waals surface area (Å²) in [5.74, 6) is 0.295. The lowest BCUT2D eigenvalue weighted by molar-refractivity contribution is -0.138. The minimum absolute atomic E-state index is 0.147. The summed E-state index contributed by atoms with van der Waals surface area (Å²) >= 11 is 7.46. The highest BCUT2D eigenvalue weighted by Gasteiger charge is 2.35. The van der Waals surface area contributed by atoms with Crippen molar-refractivity contribution >= 4 is 46.6 Å².